The number of hydrogen-bond acceptors (Lipinski definition) is 0. The van der Waals surface area contributed by atoms with E-state index in [1.54, 1.807) is 0 Å². The minimum Gasteiger partial charge on any atom is -0.276 e. The smallest absolute Gasteiger partial charge is 0.276 e. The van der Waals surface area contributed by atoms with Crippen LogP contribution in [0.2, 0.25) is 0 Å². The van der Waals surface area contributed by atoms with Gasteiger partial charge in [-0.1, -0.05) is 0 Å². The van der Waals surface area contributed by atoms with Gasteiger partial charge in [0.25, 0.3) is 0 Å². The minimum atomic E-state index is 0.357. The maximum Gasteiger partial charge on any atom is 0.552 e. The predicted molar refractivity (Wildman–Crippen MR) is 47.3 cm³/mol. The van der Waals surface area contributed by atoms with E-state index in [1.807, 2.05) is 0 Å². The van der Waals surface area contributed by atoms with Crippen LogP contribution in [0, 0.1) is 6.42 Å². The highest BCUT2D eigenvalue weighted by atomic mass is 127. The Hall–Kier alpha value is 2.23. The quantitative estimate of drug-likeness (QED) is 0.475. The molecule has 0 aromatic carbocycles. The SMILES string of the molecule is [CH]1CC1.[I][Mg][I]. The van der Waals surface area contributed by atoms with Crippen molar-refractivity contribution in [2.24, 2.45) is 0 Å². The lowest BCUT2D eigenvalue weighted by atomic mass is 11.0. The van der Waals surface area contributed by atoms with Gasteiger partial charge in [-0.15, -0.1) is 0 Å². The van der Waals surface area contributed by atoms with Crippen molar-refractivity contribution in [2.75, 3.05) is 0 Å². The Kier molecular flexibility index (Phi) is 9.91. The molecule has 0 unspecified atom stereocenters. The Morgan fingerprint density at radius 2 is 1.50 bits per heavy atom. The first-order valence-electron chi connectivity index (χ1n) is 1.85. The van der Waals surface area contributed by atoms with Crippen LogP contribution in [-0.2, 0) is 0 Å². The molecule has 0 saturated heterocycles. The van der Waals surface area contributed by atoms with E-state index < -0.39 is 0 Å². The van der Waals surface area contributed by atoms with E-state index in [9.17, 15) is 0 Å². The fraction of sp³-hybridized carbons (Fsp3) is 0.667. The van der Waals surface area contributed by atoms with Crippen molar-refractivity contribution in [2.45, 2.75) is 12.8 Å². The van der Waals surface area contributed by atoms with E-state index in [4.69, 9.17) is 0 Å². The second kappa shape index (κ2) is 7.23. The summed E-state index contributed by atoms with van der Waals surface area (Å²) in [6.07, 6.45) is 5.00. The van der Waals surface area contributed by atoms with Gasteiger partial charge in [0, 0.05) is 0 Å². The van der Waals surface area contributed by atoms with Gasteiger partial charge in [0.2, 0.25) is 0 Å². The third-order valence-corrected chi connectivity index (χ3v) is 0.289. The van der Waals surface area contributed by atoms with E-state index in [-0.39, 0.29) is 0 Å². The topological polar surface area (TPSA) is 0 Å². The Morgan fingerprint density at radius 1 is 1.33 bits per heavy atom. The van der Waals surface area contributed by atoms with E-state index in [1.165, 1.54) is 12.8 Å². The predicted octanol–water partition coefficient (Wildman–Crippen LogP) is 2.38. The van der Waals surface area contributed by atoms with E-state index in [2.05, 4.69) is 44.1 Å². The van der Waals surface area contributed by atoms with Gasteiger partial charge in [-0.3, -0.25) is 37.7 Å². The van der Waals surface area contributed by atoms with Crippen molar-refractivity contribution >= 4 is 50.3 Å². The van der Waals surface area contributed by atoms with Crippen LogP contribution in [0.4, 0.5) is 0 Å². The molecule has 1 fully saturated rings. The van der Waals surface area contributed by atoms with Crippen LogP contribution < -0.4 is 0 Å². The third kappa shape index (κ3) is 16.3. The molecule has 6 heavy (non-hydrogen) atoms. The van der Waals surface area contributed by atoms with Crippen LogP contribution in [0.3, 0.4) is 0 Å². The highest BCUT2D eigenvalue weighted by Crippen LogP contribution is 2.12. The Balaban J connectivity index is 0.0000000833. The molecule has 0 aliphatic heterocycles. The average molecular weight is 319 g/mol. The van der Waals surface area contributed by atoms with Gasteiger partial charge in [-0.25, -0.2) is 0 Å². The second-order valence-electron chi connectivity index (χ2n) is 0.967. The number of halogens is 2. The molecule has 3 heteroatoms. The standard InChI is InChI=1S/C3H5.2HI.Mg/c1-2-3-1;;;/h1H,2-3H2;2*1H;/q;;;+2/p-2. The Bertz CT molecular complexity index is 20.0. The zero-order chi connectivity index (χ0) is 4.83. The average Bonchev–Trinajstić information content (AvgIpc) is 2.11. The van der Waals surface area contributed by atoms with Gasteiger partial charge in [-0.05, 0) is 19.3 Å². The van der Waals surface area contributed by atoms with Crippen LogP contribution in [0.1, 0.15) is 12.8 Å². The molecule has 1 saturated carbocycles. The third-order valence-electron chi connectivity index (χ3n) is 0.289. The van der Waals surface area contributed by atoms with Crippen LogP contribution in [0.5, 0.6) is 0 Å². The van der Waals surface area contributed by atoms with Gasteiger partial charge < -0.3 is 0 Å². The summed E-state index contributed by atoms with van der Waals surface area (Å²) < 4.78 is 0. The Morgan fingerprint density at radius 3 is 1.50 bits per heavy atom. The minimum absolute atomic E-state index is 0.357. The lowest BCUT2D eigenvalue weighted by Crippen LogP contribution is -1.30. The van der Waals surface area contributed by atoms with Gasteiger partial charge >= 0.3 is 12.6 Å². The van der Waals surface area contributed by atoms with E-state index in [0.717, 1.165) is 0 Å². The van der Waals surface area contributed by atoms with Crippen molar-refractivity contribution in [1.29, 1.82) is 0 Å². The molecule has 0 spiro atoms. The van der Waals surface area contributed by atoms with E-state index in [0.29, 0.717) is 12.6 Å². The summed E-state index contributed by atoms with van der Waals surface area (Å²) in [5, 5.41) is 0. The van der Waals surface area contributed by atoms with Gasteiger partial charge in [0.05, 0.1) is 0 Å². The van der Waals surface area contributed by atoms with E-state index >= 15 is 0 Å². The highest BCUT2D eigenvalue weighted by molar-refractivity contribution is 14.3. The first-order valence-corrected chi connectivity index (χ1v) is 12.1. The molecule has 0 amide bonds. The largest absolute Gasteiger partial charge is 0.552 e. The summed E-state index contributed by atoms with van der Waals surface area (Å²) in [7, 11) is 0. The van der Waals surface area contributed by atoms with Crippen LogP contribution >= 0.6 is 37.7 Å². The summed E-state index contributed by atoms with van der Waals surface area (Å²) in [6.45, 7) is 0. The zero-order valence-electron chi connectivity index (χ0n) is 3.45. The molecule has 0 heterocycles. The molecule has 0 aromatic rings. The van der Waals surface area contributed by atoms with Crippen molar-refractivity contribution < 1.29 is 0 Å². The molecular formula is C3H5I2Mg. The fourth-order valence-electron chi connectivity index (χ4n) is 0. The summed E-state index contributed by atoms with van der Waals surface area (Å²) in [6, 6.07) is 0. The summed E-state index contributed by atoms with van der Waals surface area (Å²) in [5.74, 6) is 0. The van der Waals surface area contributed by atoms with Gasteiger partial charge in [-0.2, -0.15) is 0 Å². The maximum absolute atomic E-state index is 2.41. The molecule has 0 bridgehead atoms. The molecular weight excluding hydrogens is 314 g/mol. The lowest BCUT2D eigenvalue weighted by molar-refractivity contribution is 1.50. The number of rotatable bonds is 0. The lowest BCUT2D eigenvalue weighted by Gasteiger charge is -1.33. The normalized spacial score (nSPS) is 13.7. The molecule has 0 nitrogen and oxygen atoms in total. The van der Waals surface area contributed by atoms with Gasteiger partial charge in [0.15, 0.2) is 0 Å². The maximum atomic E-state index is 2.41. The summed E-state index contributed by atoms with van der Waals surface area (Å²) in [5.41, 5.74) is 0. The van der Waals surface area contributed by atoms with Crippen molar-refractivity contribution in [3.8, 4) is 0 Å². The van der Waals surface area contributed by atoms with Crippen LogP contribution in [-0.4, -0.2) is 12.6 Å². The first-order chi connectivity index (χ1) is 2.91. The molecule has 1 radical (unpaired) electrons. The molecule has 0 N–H and O–H groups in total. The summed E-state index contributed by atoms with van der Waals surface area (Å²) in [4.78, 5) is 0. The zero-order valence-corrected chi connectivity index (χ0v) is 9.18. The molecule has 1 aliphatic rings. The monoisotopic (exact) mass is 319 g/mol. The Labute approximate surface area is 68.3 Å². The molecule has 1 rings (SSSR count). The molecule has 33 valence electrons. The fourth-order valence-corrected chi connectivity index (χ4v) is 0. The first kappa shape index (κ1) is 8.23. The summed E-state index contributed by atoms with van der Waals surface area (Å²) >= 11 is 5.18. The van der Waals surface area contributed by atoms with Crippen LogP contribution in [0.15, 0.2) is 0 Å². The van der Waals surface area contributed by atoms with Crippen molar-refractivity contribution in [3.05, 3.63) is 6.42 Å². The van der Waals surface area contributed by atoms with Crippen molar-refractivity contribution in [1.82, 2.24) is 0 Å². The van der Waals surface area contributed by atoms with Crippen LogP contribution in [0.25, 0.3) is 0 Å². The highest BCUT2D eigenvalue weighted by Gasteiger charge is 1.95. The molecule has 0 atom stereocenters. The second-order valence-corrected chi connectivity index (χ2v) is 14.5. The van der Waals surface area contributed by atoms with Crippen molar-refractivity contribution in [3.63, 3.8) is 0 Å². The number of hydrogen-bond donors (Lipinski definition) is 0. The molecule has 0 aromatic heterocycles. The van der Waals surface area contributed by atoms with Gasteiger partial charge in [0.1, 0.15) is 0 Å². The molecule has 1 aliphatic carbocycles.